The fourth-order valence-corrected chi connectivity index (χ4v) is 2.54. The predicted molar refractivity (Wildman–Crippen MR) is 64.8 cm³/mol. The largest absolute Gasteiger partial charge is 0.389 e. The Morgan fingerprint density at radius 1 is 1.57 bits per heavy atom. The van der Waals surface area contributed by atoms with Crippen LogP contribution in [0.4, 0.5) is 0 Å². The summed E-state index contributed by atoms with van der Waals surface area (Å²) in [7, 11) is 4.04. The molecular formula is C9H15N3S2. The molecule has 0 saturated carbocycles. The zero-order valence-corrected chi connectivity index (χ0v) is 10.3. The van der Waals surface area contributed by atoms with Crippen LogP contribution in [0.1, 0.15) is 22.5 Å². The summed E-state index contributed by atoms with van der Waals surface area (Å²) < 4.78 is 0. The van der Waals surface area contributed by atoms with Gasteiger partial charge in [0.05, 0.1) is 10.6 Å². The number of aryl methyl sites for hydroxylation is 1. The monoisotopic (exact) mass is 229 g/mol. The van der Waals surface area contributed by atoms with Crippen molar-refractivity contribution in [2.24, 2.45) is 5.73 Å². The molecule has 0 fully saturated rings. The molecule has 0 atom stereocenters. The molecule has 0 aliphatic carbocycles. The van der Waals surface area contributed by atoms with Gasteiger partial charge < -0.3 is 10.6 Å². The smallest absolute Gasteiger partial charge is 0.116 e. The number of nitrogens with zero attached hydrogens (tertiary/aromatic N) is 2. The van der Waals surface area contributed by atoms with Crippen molar-refractivity contribution in [2.45, 2.75) is 19.9 Å². The molecule has 3 nitrogen and oxygen atoms in total. The highest BCUT2D eigenvalue weighted by Crippen LogP contribution is 2.19. The number of hydrogen-bond acceptors (Lipinski definition) is 4. The highest BCUT2D eigenvalue weighted by Gasteiger charge is 2.11. The molecule has 1 heterocycles. The van der Waals surface area contributed by atoms with Crippen LogP contribution in [0.2, 0.25) is 0 Å². The van der Waals surface area contributed by atoms with Crippen LogP contribution in [0.3, 0.4) is 0 Å². The van der Waals surface area contributed by atoms with Crippen molar-refractivity contribution < 1.29 is 0 Å². The van der Waals surface area contributed by atoms with Crippen molar-refractivity contribution in [2.75, 3.05) is 14.1 Å². The molecule has 78 valence electrons. The number of hydrogen-bond donors (Lipinski definition) is 1. The van der Waals surface area contributed by atoms with E-state index in [1.807, 2.05) is 14.1 Å². The fourth-order valence-electron chi connectivity index (χ4n) is 1.17. The van der Waals surface area contributed by atoms with E-state index in [1.54, 1.807) is 11.3 Å². The maximum Gasteiger partial charge on any atom is 0.116 e. The molecular weight excluding hydrogens is 214 g/mol. The number of nitrogens with two attached hydrogens (primary N) is 1. The molecule has 0 saturated heterocycles. The van der Waals surface area contributed by atoms with Gasteiger partial charge in [-0.3, -0.25) is 0 Å². The summed E-state index contributed by atoms with van der Waals surface area (Å²) in [5.41, 5.74) is 6.65. The van der Waals surface area contributed by atoms with Gasteiger partial charge in [0.15, 0.2) is 0 Å². The molecule has 14 heavy (non-hydrogen) atoms. The Hall–Kier alpha value is -0.520. The van der Waals surface area contributed by atoms with E-state index in [0.717, 1.165) is 28.5 Å². The second-order valence-electron chi connectivity index (χ2n) is 3.34. The number of aromatic nitrogens is 1. The Balaban J connectivity index is 2.94. The lowest BCUT2D eigenvalue weighted by atomic mass is 10.3. The van der Waals surface area contributed by atoms with Gasteiger partial charge in [-0.1, -0.05) is 19.1 Å². The van der Waals surface area contributed by atoms with Crippen LogP contribution in [0.25, 0.3) is 0 Å². The van der Waals surface area contributed by atoms with E-state index in [1.165, 1.54) is 0 Å². The lowest BCUT2D eigenvalue weighted by Crippen LogP contribution is -2.10. The lowest BCUT2D eigenvalue weighted by molar-refractivity contribution is 0.401. The third-order valence-corrected chi connectivity index (χ3v) is 3.20. The molecule has 1 aromatic rings. The second kappa shape index (κ2) is 4.82. The first kappa shape index (κ1) is 11.6. The molecule has 5 heteroatoms. The highest BCUT2D eigenvalue weighted by molar-refractivity contribution is 7.81. The van der Waals surface area contributed by atoms with Crippen LogP contribution in [-0.4, -0.2) is 29.0 Å². The third kappa shape index (κ3) is 2.73. The molecule has 0 aliphatic heterocycles. The molecule has 1 aromatic heterocycles. The van der Waals surface area contributed by atoms with Crippen LogP contribution >= 0.6 is 23.6 Å². The van der Waals surface area contributed by atoms with E-state index < -0.39 is 0 Å². The molecule has 0 unspecified atom stereocenters. The molecule has 0 bridgehead atoms. The summed E-state index contributed by atoms with van der Waals surface area (Å²) in [4.78, 5) is 8.02. The van der Waals surface area contributed by atoms with Crippen molar-refractivity contribution in [3.63, 3.8) is 0 Å². The topological polar surface area (TPSA) is 42.2 Å². The second-order valence-corrected chi connectivity index (χ2v) is 4.86. The van der Waals surface area contributed by atoms with E-state index in [0.29, 0.717) is 4.99 Å². The fraction of sp³-hybridized carbons (Fsp3) is 0.556. The first-order valence-electron chi connectivity index (χ1n) is 4.47. The standard InChI is InChI=1S/C9H15N3S2/c1-4-6-8(9(10)13)14-7(11-6)5-12(2)3/h4-5H2,1-3H3,(H2,10,13). The average Bonchev–Trinajstić information content (AvgIpc) is 2.46. The summed E-state index contributed by atoms with van der Waals surface area (Å²) in [6.45, 7) is 2.91. The van der Waals surface area contributed by atoms with Gasteiger partial charge in [-0.25, -0.2) is 4.98 Å². The minimum atomic E-state index is 0.462. The Bertz CT molecular complexity index is 331. The van der Waals surface area contributed by atoms with Crippen molar-refractivity contribution >= 4 is 28.5 Å². The van der Waals surface area contributed by atoms with Gasteiger partial charge in [0.1, 0.15) is 10.00 Å². The SMILES string of the molecule is CCc1nc(CN(C)C)sc1C(N)=S. The van der Waals surface area contributed by atoms with E-state index in [-0.39, 0.29) is 0 Å². The van der Waals surface area contributed by atoms with Crippen molar-refractivity contribution in [1.29, 1.82) is 0 Å². The average molecular weight is 229 g/mol. The van der Waals surface area contributed by atoms with Gasteiger partial charge in [0.2, 0.25) is 0 Å². The van der Waals surface area contributed by atoms with Crippen molar-refractivity contribution in [3.8, 4) is 0 Å². The van der Waals surface area contributed by atoms with Gasteiger partial charge in [0.25, 0.3) is 0 Å². The molecule has 0 amide bonds. The van der Waals surface area contributed by atoms with Crippen LogP contribution < -0.4 is 5.73 Å². The van der Waals surface area contributed by atoms with Gasteiger partial charge in [-0.05, 0) is 20.5 Å². The van der Waals surface area contributed by atoms with Crippen LogP contribution in [0, 0.1) is 0 Å². The minimum Gasteiger partial charge on any atom is -0.389 e. The summed E-state index contributed by atoms with van der Waals surface area (Å²) in [6.07, 6.45) is 0.886. The van der Waals surface area contributed by atoms with Crippen LogP contribution in [0.5, 0.6) is 0 Å². The number of thiazole rings is 1. The Kier molecular flexibility index (Phi) is 3.97. The highest BCUT2D eigenvalue weighted by atomic mass is 32.1. The summed E-state index contributed by atoms with van der Waals surface area (Å²) in [5, 5.41) is 1.08. The molecule has 0 aliphatic rings. The first-order valence-corrected chi connectivity index (χ1v) is 5.70. The molecule has 0 radical (unpaired) electrons. The molecule has 0 aromatic carbocycles. The zero-order chi connectivity index (χ0) is 10.7. The van der Waals surface area contributed by atoms with E-state index >= 15 is 0 Å². The third-order valence-electron chi connectivity index (χ3n) is 1.75. The van der Waals surface area contributed by atoms with Crippen LogP contribution in [-0.2, 0) is 13.0 Å². The van der Waals surface area contributed by atoms with E-state index in [9.17, 15) is 0 Å². The Morgan fingerprint density at radius 3 is 2.57 bits per heavy atom. The normalized spacial score (nSPS) is 10.9. The van der Waals surface area contributed by atoms with Gasteiger partial charge in [-0.15, -0.1) is 11.3 Å². The summed E-state index contributed by atoms with van der Waals surface area (Å²) in [6, 6.07) is 0. The molecule has 0 spiro atoms. The number of thiocarbonyl (C=S) groups is 1. The lowest BCUT2D eigenvalue weighted by Gasteiger charge is -2.04. The van der Waals surface area contributed by atoms with Crippen LogP contribution in [0.15, 0.2) is 0 Å². The van der Waals surface area contributed by atoms with E-state index in [4.69, 9.17) is 18.0 Å². The predicted octanol–water partition coefficient (Wildman–Crippen LogP) is 1.40. The number of rotatable bonds is 4. The molecule has 1 rings (SSSR count). The zero-order valence-electron chi connectivity index (χ0n) is 8.70. The van der Waals surface area contributed by atoms with Gasteiger partial charge in [0, 0.05) is 6.54 Å². The Labute approximate surface area is 93.9 Å². The quantitative estimate of drug-likeness (QED) is 0.793. The Morgan fingerprint density at radius 2 is 2.21 bits per heavy atom. The first-order chi connectivity index (χ1) is 6.54. The maximum absolute atomic E-state index is 5.62. The summed E-state index contributed by atoms with van der Waals surface area (Å²) in [5.74, 6) is 0. The van der Waals surface area contributed by atoms with E-state index in [2.05, 4.69) is 16.8 Å². The maximum atomic E-state index is 5.62. The molecule has 2 N–H and O–H groups in total. The summed E-state index contributed by atoms with van der Waals surface area (Å²) >= 11 is 6.58. The van der Waals surface area contributed by atoms with Crippen molar-refractivity contribution in [3.05, 3.63) is 15.6 Å². The van der Waals surface area contributed by atoms with Gasteiger partial charge in [-0.2, -0.15) is 0 Å². The minimum absolute atomic E-state index is 0.462. The van der Waals surface area contributed by atoms with Gasteiger partial charge >= 0.3 is 0 Å². The van der Waals surface area contributed by atoms with Crippen molar-refractivity contribution in [1.82, 2.24) is 9.88 Å².